The maximum absolute atomic E-state index is 12.5. The van der Waals surface area contributed by atoms with Gasteiger partial charge in [0, 0.05) is 23.7 Å². The minimum atomic E-state index is -0.0438. The van der Waals surface area contributed by atoms with Crippen molar-refractivity contribution >= 4 is 17.5 Å². The van der Waals surface area contributed by atoms with E-state index in [-0.39, 0.29) is 5.91 Å². The molecule has 1 heterocycles. The fourth-order valence-electron chi connectivity index (χ4n) is 4.85. The van der Waals surface area contributed by atoms with Crippen LogP contribution in [0.15, 0.2) is 42.5 Å². The van der Waals surface area contributed by atoms with Crippen molar-refractivity contribution in [3.63, 3.8) is 0 Å². The van der Waals surface area contributed by atoms with Gasteiger partial charge in [0.1, 0.15) is 0 Å². The van der Waals surface area contributed by atoms with Gasteiger partial charge in [0.2, 0.25) is 0 Å². The first-order valence-electron chi connectivity index (χ1n) is 11.6. The van der Waals surface area contributed by atoms with E-state index in [4.69, 9.17) is 11.6 Å². The van der Waals surface area contributed by atoms with E-state index in [2.05, 4.69) is 40.5 Å². The van der Waals surface area contributed by atoms with Crippen molar-refractivity contribution in [3.05, 3.63) is 69.7 Å². The standard InChI is InChI=1S/C26H33ClN2O/c27-25-18-23(12-13-24(25)22-6-2-1-3-7-22)26(30)28-15-14-20-8-10-21(11-9-20)19-29-16-4-5-17-29/h8-13,18,22H,1-7,14-17,19H2,(H,28,30). The van der Waals surface area contributed by atoms with Crippen LogP contribution in [-0.2, 0) is 13.0 Å². The molecule has 1 N–H and O–H groups in total. The maximum atomic E-state index is 12.5. The van der Waals surface area contributed by atoms with Crippen LogP contribution in [-0.4, -0.2) is 30.4 Å². The molecule has 4 rings (SSSR count). The van der Waals surface area contributed by atoms with Crippen LogP contribution < -0.4 is 5.32 Å². The van der Waals surface area contributed by atoms with Gasteiger partial charge in [-0.3, -0.25) is 9.69 Å². The molecule has 2 fully saturated rings. The lowest BCUT2D eigenvalue weighted by molar-refractivity contribution is 0.0954. The number of carbonyl (C=O) groups excluding carboxylic acids is 1. The second kappa shape index (κ2) is 10.5. The molecule has 1 saturated carbocycles. The molecule has 4 heteroatoms. The number of nitrogens with zero attached hydrogens (tertiary/aromatic N) is 1. The third-order valence-electron chi connectivity index (χ3n) is 6.63. The first-order valence-corrected chi connectivity index (χ1v) is 11.9. The first kappa shape index (κ1) is 21.4. The van der Waals surface area contributed by atoms with E-state index >= 15 is 0 Å². The van der Waals surface area contributed by atoms with Crippen LogP contribution in [0.4, 0.5) is 0 Å². The summed E-state index contributed by atoms with van der Waals surface area (Å²) < 4.78 is 0. The topological polar surface area (TPSA) is 32.3 Å². The zero-order valence-electron chi connectivity index (χ0n) is 17.8. The van der Waals surface area contributed by atoms with Crippen molar-refractivity contribution in [1.29, 1.82) is 0 Å². The van der Waals surface area contributed by atoms with Crippen molar-refractivity contribution in [1.82, 2.24) is 10.2 Å². The Morgan fingerprint density at radius 2 is 1.63 bits per heavy atom. The summed E-state index contributed by atoms with van der Waals surface area (Å²) in [4.78, 5) is 15.1. The zero-order chi connectivity index (χ0) is 20.8. The summed E-state index contributed by atoms with van der Waals surface area (Å²) in [6.07, 6.45) is 9.80. The lowest BCUT2D eigenvalue weighted by Crippen LogP contribution is -2.25. The predicted molar refractivity (Wildman–Crippen MR) is 124 cm³/mol. The molecule has 0 spiro atoms. The van der Waals surface area contributed by atoms with Crippen molar-refractivity contribution in [2.75, 3.05) is 19.6 Å². The summed E-state index contributed by atoms with van der Waals surface area (Å²) in [7, 11) is 0. The van der Waals surface area contributed by atoms with Gasteiger partial charge in [0.15, 0.2) is 0 Å². The molecule has 0 aromatic heterocycles. The highest BCUT2D eigenvalue weighted by Gasteiger charge is 2.19. The number of carbonyl (C=O) groups is 1. The fourth-order valence-corrected chi connectivity index (χ4v) is 5.18. The molecule has 0 radical (unpaired) electrons. The molecule has 0 unspecified atom stereocenters. The van der Waals surface area contributed by atoms with E-state index in [9.17, 15) is 4.79 Å². The average molecular weight is 425 g/mol. The molecule has 1 amide bonds. The average Bonchev–Trinajstić information content (AvgIpc) is 3.28. The number of hydrogen-bond acceptors (Lipinski definition) is 2. The molecule has 3 nitrogen and oxygen atoms in total. The van der Waals surface area contributed by atoms with E-state index in [1.807, 2.05) is 12.1 Å². The Morgan fingerprint density at radius 1 is 0.933 bits per heavy atom. The van der Waals surface area contributed by atoms with Crippen LogP contribution >= 0.6 is 11.6 Å². The van der Waals surface area contributed by atoms with Crippen molar-refractivity contribution in [2.24, 2.45) is 0 Å². The van der Waals surface area contributed by atoms with Crippen LogP contribution in [0.1, 0.15) is 77.9 Å². The van der Waals surface area contributed by atoms with Gasteiger partial charge in [0.25, 0.3) is 5.91 Å². The molecule has 2 aromatic carbocycles. The van der Waals surface area contributed by atoms with Crippen LogP contribution in [0.5, 0.6) is 0 Å². The van der Waals surface area contributed by atoms with Gasteiger partial charge in [0.05, 0.1) is 0 Å². The number of hydrogen-bond donors (Lipinski definition) is 1. The lowest BCUT2D eigenvalue weighted by atomic mass is 9.84. The zero-order valence-corrected chi connectivity index (χ0v) is 18.6. The van der Waals surface area contributed by atoms with Crippen LogP contribution in [0.2, 0.25) is 5.02 Å². The highest BCUT2D eigenvalue weighted by Crippen LogP contribution is 2.36. The number of likely N-dealkylation sites (tertiary alicyclic amines) is 1. The quantitative estimate of drug-likeness (QED) is 0.595. The Bertz CT molecular complexity index is 837. The maximum Gasteiger partial charge on any atom is 0.251 e. The monoisotopic (exact) mass is 424 g/mol. The highest BCUT2D eigenvalue weighted by atomic mass is 35.5. The normalized spacial score (nSPS) is 17.9. The summed E-state index contributed by atoms with van der Waals surface area (Å²) in [6, 6.07) is 14.7. The number of nitrogens with one attached hydrogen (secondary N) is 1. The first-order chi connectivity index (χ1) is 14.7. The van der Waals surface area contributed by atoms with E-state index in [1.165, 1.54) is 74.7 Å². The SMILES string of the molecule is O=C(NCCc1ccc(CN2CCCC2)cc1)c1ccc(C2CCCCC2)c(Cl)c1. The summed E-state index contributed by atoms with van der Waals surface area (Å²) in [6.45, 7) is 4.12. The number of amides is 1. The molecule has 160 valence electrons. The lowest BCUT2D eigenvalue weighted by Gasteiger charge is -2.23. The van der Waals surface area contributed by atoms with Gasteiger partial charge < -0.3 is 5.32 Å². The molecule has 2 aliphatic rings. The summed E-state index contributed by atoms with van der Waals surface area (Å²) in [5, 5.41) is 3.78. The molecule has 2 aromatic rings. The predicted octanol–water partition coefficient (Wildman–Crippen LogP) is 5.96. The second-order valence-electron chi connectivity index (χ2n) is 8.88. The van der Waals surface area contributed by atoms with Crippen molar-refractivity contribution < 1.29 is 4.79 Å². The number of halogens is 1. The Hall–Kier alpha value is -1.84. The second-order valence-corrected chi connectivity index (χ2v) is 9.28. The van der Waals surface area contributed by atoms with E-state index in [1.54, 1.807) is 0 Å². The van der Waals surface area contributed by atoms with Gasteiger partial charge in [-0.05, 0) is 79.9 Å². The van der Waals surface area contributed by atoms with Gasteiger partial charge in [-0.25, -0.2) is 0 Å². The minimum absolute atomic E-state index is 0.0438. The molecule has 1 aliphatic heterocycles. The molecule has 1 aliphatic carbocycles. The van der Waals surface area contributed by atoms with E-state index < -0.39 is 0 Å². The molecular weight excluding hydrogens is 392 g/mol. The smallest absolute Gasteiger partial charge is 0.251 e. The van der Waals surface area contributed by atoms with Gasteiger partial charge in [-0.2, -0.15) is 0 Å². The largest absolute Gasteiger partial charge is 0.352 e. The molecule has 30 heavy (non-hydrogen) atoms. The molecule has 0 atom stereocenters. The number of rotatable bonds is 7. The molecular formula is C26H33ClN2O. The van der Waals surface area contributed by atoms with E-state index in [0.29, 0.717) is 18.0 Å². The highest BCUT2D eigenvalue weighted by molar-refractivity contribution is 6.31. The Labute approximate surface area is 185 Å². The number of benzene rings is 2. The van der Waals surface area contributed by atoms with Gasteiger partial charge in [-0.1, -0.05) is 61.2 Å². The third kappa shape index (κ3) is 5.65. The summed E-state index contributed by atoms with van der Waals surface area (Å²) in [5.41, 5.74) is 4.49. The Balaban J connectivity index is 1.25. The summed E-state index contributed by atoms with van der Waals surface area (Å²) in [5.74, 6) is 0.509. The van der Waals surface area contributed by atoms with Gasteiger partial charge >= 0.3 is 0 Å². The van der Waals surface area contributed by atoms with Crippen molar-refractivity contribution in [2.45, 2.75) is 63.8 Å². The Kier molecular flexibility index (Phi) is 7.46. The van der Waals surface area contributed by atoms with Crippen LogP contribution in [0, 0.1) is 0 Å². The summed E-state index contributed by atoms with van der Waals surface area (Å²) >= 11 is 6.53. The van der Waals surface area contributed by atoms with Crippen LogP contribution in [0.25, 0.3) is 0 Å². The van der Waals surface area contributed by atoms with Gasteiger partial charge in [-0.15, -0.1) is 0 Å². The molecule has 0 bridgehead atoms. The van der Waals surface area contributed by atoms with Crippen LogP contribution in [0.3, 0.4) is 0 Å². The van der Waals surface area contributed by atoms with E-state index in [0.717, 1.165) is 18.0 Å². The van der Waals surface area contributed by atoms with Crippen molar-refractivity contribution in [3.8, 4) is 0 Å². The fraction of sp³-hybridized carbons (Fsp3) is 0.500. The molecule has 1 saturated heterocycles. The Morgan fingerprint density at radius 3 is 2.33 bits per heavy atom. The third-order valence-corrected chi connectivity index (χ3v) is 6.96. The minimum Gasteiger partial charge on any atom is -0.352 e.